The van der Waals surface area contributed by atoms with Crippen molar-refractivity contribution in [3.05, 3.63) is 82.6 Å². The number of pyridine rings is 1. The molecule has 5 nitrogen and oxygen atoms in total. The first-order valence-electron chi connectivity index (χ1n) is 9.82. The second-order valence-corrected chi connectivity index (χ2v) is 6.66. The minimum Gasteiger partial charge on any atom is -0.457 e. The second-order valence-electron chi connectivity index (χ2n) is 6.25. The lowest BCUT2D eigenvalue weighted by Gasteiger charge is -2.12. The molecule has 170 valence electrons. The number of anilines is 1. The first-order valence-corrected chi connectivity index (χ1v) is 10.2. The molecule has 0 spiro atoms. The van der Waals surface area contributed by atoms with Gasteiger partial charge in [0, 0.05) is 31.5 Å². The largest absolute Gasteiger partial charge is 0.457 e. The van der Waals surface area contributed by atoms with Gasteiger partial charge in [-0.15, -0.1) is 0 Å². The van der Waals surface area contributed by atoms with Gasteiger partial charge in [-0.05, 0) is 48.0 Å². The summed E-state index contributed by atoms with van der Waals surface area (Å²) in [6, 6.07) is 13.8. The van der Waals surface area contributed by atoms with Crippen molar-refractivity contribution < 1.29 is 22.7 Å². The fourth-order valence-corrected chi connectivity index (χ4v) is 2.83. The van der Waals surface area contributed by atoms with E-state index in [-0.39, 0.29) is 23.2 Å². The van der Waals surface area contributed by atoms with Crippen LogP contribution >= 0.6 is 11.6 Å². The quantitative estimate of drug-likeness (QED) is 0.433. The summed E-state index contributed by atoms with van der Waals surface area (Å²) in [5.41, 5.74) is 0.521. The number of rotatable bonds is 6. The molecule has 0 fully saturated rings. The Morgan fingerprint density at radius 3 is 2.34 bits per heavy atom. The lowest BCUT2D eigenvalue weighted by Crippen LogP contribution is -2.18. The molecule has 3 aromatic rings. The van der Waals surface area contributed by atoms with Crippen LogP contribution in [0.25, 0.3) is 0 Å². The Labute approximate surface area is 189 Å². The second kappa shape index (κ2) is 11.4. The van der Waals surface area contributed by atoms with E-state index in [0.717, 1.165) is 6.07 Å². The molecular formula is C23H23ClF3N3O2. The van der Waals surface area contributed by atoms with E-state index in [0.29, 0.717) is 22.7 Å². The van der Waals surface area contributed by atoms with Crippen molar-refractivity contribution in [3.63, 3.8) is 0 Å². The summed E-state index contributed by atoms with van der Waals surface area (Å²) >= 11 is 5.64. The monoisotopic (exact) mass is 465 g/mol. The Hall–Kier alpha value is -3.26. The third-order valence-electron chi connectivity index (χ3n) is 4.11. The molecule has 3 rings (SSSR count). The summed E-state index contributed by atoms with van der Waals surface area (Å²) in [6.07, 6.45) is -3.03. The number of amides is 1. The van der Waals surface area contributed by atoms with E-state index in [1.807, 2.05) is 13.8 Å². The van der Waals surface area contributed by atoms with E-state index in [2.05, 4.69) is 15.6 Å². The van der Waals surface area contributed by atoms with Gasteiger partial charge in [-0.3, -0.25) is 9.78 Å². The summed E-state index contributed by atoms with van der Waals surface area (Å²) < 4.78 is 44.6. The van der Waals surface area contributed by atoms with Crippen LogP contribution in [0.15, 0.2) is 60.8 Å². The highest BCUT2D eigenvalue weighted by atomic mass is 35.5. The average Bonchev–Trinajstić information content (AvgIpc) is 2.79. The van der Waals surface area contributed by atoms with Gasteiger partial charge in [0.05, 0.1) is 10.6 Å². The molecule has 0 radical (unpaired) electrons. The van der Waals surface area contributed by atoms with Crippen molar-refractivity contribution >= 4 is 23.2 Å². The van der Waals surface area contributed by atoms with Gasteiger partial charge < -0.3 is 15.4 Å². The predicted octanol–water partition coefficient (Wildman–Crippen LogP) is 6.54. The zero-order chi connectivity index (χ0) is 23.7. The van der Waals surface area contributed by atoms with E-state index >= 15 is 0 Å². The number of carbonyl (C=O) groups excluding carboxylic acids is 1. The molecule has 9 heteroatoms. The van der Waals surface area contributed by atoms with Crippen molar-refractivity contribution in [3.8, 4) is 11.5 Å². The molecule has 2 N–H and O–H groups in total. The first-order chi connectivity index (χ1) is 15.3. The fourth-order valence-electron chi connectivity index (χ4n) is 2.61. The van der Waals surface area contributed by atoms with Gasteiger partial charge in [-0.2, -0.15) is 13.2 Å². The van der Waals surface area contributed by atoms with Crippen LogP contribution in [-0.4, -0.2) is 17.9 Å². The first kappa shape index (κ1) is 25.0. The van der Waals surface area contributed by atoms with Gasteiger partial charge in [0.15, 0.2) is 0 Å². The van der Waals surface area contributed by atoms with E-state index < -0.39 is 11.7 Å². The lowest BCUT2D eigenvalue weighted by molar-refractivity contribution is -0.137. The van der Waals surface area contributed by atoms with Gasteiger partial charge in [0.2, 0.25) is 0 Å². The molecule has 2 aromatic carbocycles. The van der Waals surface area contributed by atoms with Crippen molar-refractivity contribution in [1.82, 2.24) is 10.3 Å². The number of carbonyl (C=O) groups is 1. The van der Waals surface area contributed by atoms with Gasteiger partial charge in [-0.1, -0.05) is 31.5 Å². The maximum absolute atomic E-state index is 13.0. The van der Waals surface area contributed by atoms with Crippen LogP contribution in [0.5, 0.6) is 11.5 Å². The van der Waals surface area contributed by atoms with Crippen molar-refractivity contribution in [2.45, 2.75) is 26.6 Å². The number of halogens is 4. The Morgan fingerprint density at radius 1 is 1.03 bits per heavy atom. The van der Waals surface area contributed by atoms with E-state index in [1.165, 1.54) is 31.4 Å². The van der Waals surface area contributed by atoms with Crippen LogP contribution < -0.4 is 15.4 Å². The number of hydrogen-bond acceptors (Lipinski definition) is 4. The van der Waals surface area contributed by atoms with E-state index in [4.69, 9.17) is 16.3 Å². The maximum Gasteiger partial charge on any atom is 0.417 e. The third-order valence-corrected chi connectivity index (χ3v) is 4.44. The molecule has 1 aromatic heterocycles. The number of hydrogen-bond donors (Lipinski definition) is 2. The summed E-state index contributed by atoms with van der Waals surface area (Å²) in [4.78, 5) is 15.6. The molecule has 1 heterocycles. The van der Waals surface area contributed by atoms with Crippen LogP contribution in [0.1, 0.15) is 35.5 Å². The van der Waals surface area contributed by atoms with Crippen LogP contribution in [-0.2, 0) is 12.7 Å². The summed E-state index contributed by atoms with van der Waals surface area (Å²) in [7, 11) is 1.51. The van der Waals surface area contributed by atoms with Gasteiger partial charge in [0.25, 0.3) is 5.91 Å². The lowest BCUT2D eigenvalue weighted by atomic mass is 10.1. The molecule has 0 saturated carbocycles. The molecule has 0 aliphatic carbocycles. The molecule has 1 amide bonds. The van der Waals surface area contributed by atoms with E-state index in [1.54, 1.807) is 30.3 Å². The standard InChI is InChI=1S/C21H17ClF3N3O2.C2H6/c1-26-20(29)19-11-16(8-9-27-19)30-15-5-3-14(4-6-15)28-12-13-2-7-18(22)17(10-13)21(23,24)25;1-2/h2-11,28H,12H2,1H3,(H,26,29);1-2H3. The minimum absolute atomic E-state index is 0.195. The topological polar surface area (TPSA) is 63.2 Å². The summed E-state index contributed by atoms with van der Waals surface area (Å²) in [5.74, 6) is 0.654. The average molecular weight is 466 g/mol. The Kier molecular flexibility index (Phi) is 8.90. The van der Waals surface area contributed by atoms with Gasteiger partial charge in [-0.25, -0.2) is 0 Å². The number of nitrogens with zero attached hydrogens (tertiary/aromatic N) is 1. The maximum atomic E-state index is 13.0. The zero-order valence-corrected chi connectivity index (χ0v) is 18.5. The zero-order valence-electron chi connectivity index (χ0n) is 17.8. The van der Waals surface area contributed by atoms with Crippen molar-refractivity contribution in [2.24, 2.45) is 0 Å². The highest BCUT2D eigenvalue weighted by molar-refractivity contribution is 6.31. The molecule has 0 saturated heterocycles. The molecule has 0 aliphatic rings. The molecular weight excluding hydrogens is 443 g/mol. The number of ether oxygens (including phenoxy) is 1. The summed E-state index contributed by atoms with van der Waals surface area (Å²) in [6.45, 7) is 4.19. The number of nitrogens with one attached hydrogen (secondary N) is 2. The normalized spacial score (nSPS) is 10.6. The molecule has 0 unspecified atom stereocenters. The Bertz CT molecular complexity index is 1040. The van der Waals surface area contributed by atoms with Gasteiger partial charge in [0.1, 0.15) is 17.2 Å². The highest BCUT2D eigenvalue weighted by Gasteiger charge is 2.33. The Morgan fingerprint density at radius 2 is 1.72 bits per heavy atom. The molecule has 0 aliphatic heterocycles. The number of aromatic nitrogens is 1. The highest BCUT2D eigenvalue weighted by Crippen LogP contribution is 2.35. The fraction of sp³-hybridized carbons (Fsp3) is 0.217. The molecule has 0 bridgehead atoms. The SMILES string of the molecule is CC.CNC(=O)c1cc(Oc2ccc(NCc3ccc(Cl)c(C(F)(F)F)c3)cc2)ccn1. The van der Waals surface area contributed by atoms with Crippen molar-refractivity contribution in [2.75, 3.05) is 12.4 Å². The smallest absolute Gasteiger partial charge is 0.417 e. The third kappa shape index (κ3) is 6.88. The van der Waals surface area contributed by atoms with Crippen LogP contribution in [0.4, 0.5) is 18.9 Å². The van der Waals surface area contributed by atoms with Crippen LogP contribution in [0.3, 0.4) is 0 Å². The van der Waals surface area contributed by atoms with E-state index in [9.17, 15) is 18.0 Å². The number of benzene rings is 2. The number of alkyl halides is 3. The van der Waals surface area contributed by atoms with Gasteiger partial charge >= 0.3 is 6.18 Å². The Balaban J connectivity index is 0.00000176. The molecule has 32 heavy (non-hydrogen) atoms. The van der Waals surface area contributed by atoms with Crippen LogP contribution in [0.2, 0.25) is 5.02 Å². The minimum atomic E-state index is -4.50. The predicted molar refractivity (Wildman–Crippen MR) is 119 cm³/mol. The molecule has 0 atom stereocenters. The van der Waals surface area contributed by atoms with Crippen molar-refractivity contribution in [1.29, 1.82) is 0 Å². The van der Waals surface area contributed by atoms with Crippen LogP contribution in [0, 0.1) is 0 Å². The summed E-state index contributed by atoms with van der Waals surface area (Å²) in [5, 5.41) is 5.21.